The highest BCUT2D eigenvalue weighted by atomic mass is 31.2. The number of aromatic amines is 1. The number of esters is 1. The largest absolute Gasteiger partial charge is 0.459 e. The number of imidazole rings is 1. The summed E-state index contributed by atoms with van der Waals surface area (Å²) in [6.07, 6.45) is -0.439. The van der Waals surface area contributed by atoms with Crippen molar-refractivity contribution in [2.24, 2.45) is 5.41 Å². The van der Waals surface area contributed by atoms with Crippen LogP contribution in [0.1, 0.15) is 54.0 Å². The first-order valence-electron chi connectivity index (χ1n) is 13.2. The molecule has 2 aromatic heterocycles. The maximum absolute atomic E-state index is 13.3. The molecule has 0 spiro atoms. The molecule has 1 fully saturated rings. The van der Waals surface area contributed by atoms with Crippen molar-refractivity contribution < 1.29 is 32.7 Å². The summed E-state index contributed by atoms with van der Waals surface area (Å²) in [7, 11) is -6.41. The Morgan fingerprint density at radius 2 is 1.93 bits per heavy atom. The van der Waals surface area contributed by atoms with Crippen molar-refractivity contribution in [2.75, 3.05) is 25.3 Å². The fourth-order valence-corrected chi connectivity index (χ4v) is 7.68. The molecule has 3 rings (SSSR count). The van der Waals surface area contributed by atoms with Crippen molar-refractivity contribution >= 4 is 39.0 Å². The highest BCUT2D eigenvalue weighted by molar-refractivity contribution is 7.53. The Hall–Kier alpha value is -2.35. The number of anilines is 1. The molecule has 15 heteroatoms. The number of carbonyl (C=O) groups is 1. The Kier molecular flexibility index (Phi) is 9.24. The Balaban J connectivity index is 2.23. The molecule has 2 aromatic rings. The van der Waals surface area contributed by atoms with Gasteiger partial charge in [-0.2, -0.15) is 4.98 Å². The maximum atomic E-state index is 13.3. The normalized spacial score (nSPS) is 24.1. The lowest BCUT2D eigenvalue weighted by atomic mass is 9.74. The fraction of sp³-hybridized carbons (Fsp3) is 0.680. The maximum Gasteiger partial charge on any atom is 0.356 e. The van der Waals surface area contributed by atoms with Crippen molar-refractivity contribution in [1.29, 1.82) is 0 Å². The smallest absolute Gasteiger partial charge is 0.356 e. The molecule has 0 aromatic carbocycles. The van der Waals surface area contributed by atoms with Crippen LogP contribution in [0.25, 0.3) is 11.2 Å². The van der Waals surface area contributed by atoms with Gasteiger partial charge in [0.05, 0.1) is 25.6 Å². The number of rotatable bonds is 12. The number of fused-ring (bicyclic) bond motifs is 1. The van der Waals surface area contributed by atoms with Crippen LogP contribution in [0, 0.1) is 5.41 Å². The van der Waals surface area contributed by atoms with Crippen molar-refractivity contribution in [3.63, 3.8) is 0 Å². The minimum absolute atomic E-state index is 0.0751. The molecule has 4 N–H and O–H groups in total. The van der Waals surface area contributed by atoms with Gasteiger partial charge in [-0.15, -0.1) is 0 Å². The second kappa shape index (κ2) is 11.5. The molecule has 1 aliphatic rings. The minimum atomic E-state index is -3.63. The van der Waals surface area contributed by atoms with E-state index in [0.717, 1.165) is 0 Å². The van der Waals surface area contributed by atoms with Gasteiger partial charge in [0.2, 0.25) is 5.95 Å². The Morgan fingerprint density at radius 3 is 2.45 bits per heavy atom. The van der Waals surface area contributed by atoms with Crippen LogP contribution in [-0.2, 0) is 27.9 Å². The van der Waals surface area contributed by atoms with E-state index in [4.69, 9.17) is 24.3 Å². The monoisotopic (exact) mass is 599 g/mol. The van der Waals surface area contributed by atoms with E-state index < -0.39 is 62.5 Å². The zero-order valence-corrected chi connectivity index (χ0v) is 26.4. The van der Waals surface area contributed by atoms with Gasteiger partial charge in [-0.3, -0.25) is 19.1 Å². The molecule has 2 heterocycles. The molecular weight excluding hydrogens is 557 g/mol. The van der Waals surface area contributed by atoms with Gasteiger partial charge in [-0.25, -0.2) is 4.98 Å². The second-order valence-corrected chi connectivity index (χ2v) is 18.0. The predicted octanol–water partition coefficient (Wildman–Crippen LogP) is 3.73. The number of hydrogen-bond acceptors (Lipinski definition) is 11. The summed E-state index contributed by atoms with van der Waals surface area (Å²) in [5.74, 6) is -0.642. The first-order valence-corrected chi connectivity index (χ1v) is 17.9. The molecule has 4 atom stereocenters. The van der Waals surface area contributed by atoms with Crippen LogP contribution in [0.2, 0.25) is 18.1 Å². The molecule has 0 amide bonds. The molecule has 0 unspecified atom stereocenters. The van der Waals surface area contributed by atoms with Crippen LogP contribution in [-0.4, -0.2) is 70.4 Å². The van der Waals surface area contributed by atoms with Crippen LogP contribution in [0.15, 0.2) is 23.3 Å². The van der Waals surface area contributed by atoms with Crippen molar-refractivity contribution in [3.8, 4) is 0 Å². The highest BCUT2D eigenvalue weighted by Gasteiger charge is 2.61. The van der Waals surface area contributed by atoms with Crippen LogP contribution in [0.5, 0.6) is 0 Å². The average molecular weight is 600 g/mol. The van der Waals surface area contributed by atoms with E-state index in [1.165, 1.54) is 13.3 Å². The van der Waals surface area contributed by atoms with Gasteiger partial charge in [0.25, 0.3) is 5.56 Å². The summed E-state index contributed by atoms with van der Waals surface area (Å²) in [5, 5.41) is -0.584. The summed E-state index contributed by atoms with van der Waals surface area (Å²) in [4.78, 5) is 47.3. The van der Waals surface area contributed by atoms with Crippen LogP contribution in [0.4, 0.5) is 5.95 Å². The molecule has 224 valence electrons. The summed E-state index contributed by atoms with van der Waals surface area (Å²) >= 11 is 0. The summed E-state index contributed by atoms with van der Waals surface area (Å²) < 4.78 is 37.9. The first kappa shape index (κ1) is 32.2. The lowest BCUT2D eigenvalue weighted by Crippen LogP contribution is -2.48. The van der Waals surface area contributed by atoms with Crippen LogP contribution in [0.3, 0.4) is 0 Å². The lowest BCUT2D eigenvalue weighted by molar-refractivity contribution is -0.160. The third-order valence-corrected chi connectivity index (χ3v) is 13.1. The van der Waals surface area contributed by atoms with Crippen molar-refractivity contribution in [3.05, 3.63) is 28.8 Å². The zero-order chi connectivity index (χ0) is 30.3. The van der Waals surface area contributed by atoms with E-state index >= 15 is 0 Å². The number of carbonyl (C=O) groups excluding carboxylic acids is 1. The minimum Gasteiger partial charge on any atom is -0.459 e. The standard InChI is InChI=1S/C25H42N5O8PSi/c1-10-36-39(33,37-11-2)14-35-18-15(3)19(30-13-27-17-21(30)28-23(26)29-22(17)32)25(7,20(18)38-16(4)31)12-24(5,6)40(8,9)34/h13,18-20,34H,3,10-12,14H2,1-2,4-9H3,(H3,26,28,29,32)/t18-,19+,20-,25-/m0/s1. The Morgan fingerprint density at radius 1 is 1.32 bits per heavy atom. The SMILES string of the molecule is C=C1[C@H](OCP(=O)(OCC)OCC)[C@H](OC(C)=O)[C@@](C)(CC(C)(C)[Si](C)(C)O)[C@@H]1n1cnc2c(=O)[nH]c(N)nc21. The number of H-pyrrole nitrogens is 1. The number of aromatic nitrogens is 4. The van der Waals surface area contributed by atoms with Crippen LogP contribution < -0.4 is 11.3 Å². The van der Waals surface area contributed by atoms with Gasteiger partial charge in [0, 0.05) is 12.3 Å². The number of nitrogens with one attached hydrogen (secondary N) is 1. The van der Waals surface area contributed by atoms with Gasteiger partial charge in [0.1, 0.15) is 18.6 Å². The molecule has 1 saturated carbocycles. The number of nitrogen functional groups attached to an aromatic ring is 1. The zero-order valence-electron chi connectivity index (χ0n) is 24.5. The Bertz CT molecular complexity index is 1360. The molecule has 0 saturated heterocycles. The number of nitrogens with two attached hydrogens (primary N) is 1. The molecule has 40 heavy (non-hydrogen) atoms. The molecular formula is C25H42N5O8PSi. The van der Waals surface area contributed by atoms with E-state index in [1.54, 1.807) is 18.4 Å². The van der Waals surface area contributed by atoms with E-state index in [9.17, 15) is 18.9 Å². The van der Waals surface area contributed by atoms with Gasteiger partial charge in [0.15, 0.2) is 19.5 Å². The van der Waals surface area contributed by atoms with Crippen molar-refractivity contribution in [1.82, 2.24) is 19.5 Å². The summed E-state index contributed by atoms with van der Waals surface area (Å²) in [6.45, 7) is 18.8. The second-order valence-electron chi connectivity index (χ2n) is 11.6. The van der Waals surface area contributed by atoms with E-state index in [2.05, 4.69) is 21.5 Å². The quantitative estimate of drug-likeness (QED) is 0.140. The third-order valence-electron chi connectivity index (χ3n) is 7.83. The molecule has 1 aliphatic carbocycles. The number of nitrogens with zero attached hydrogens (tertiary/aromatic N) is 3. The van der Waals surface area contributed by atoms with Gasteiger partial charge in [-0.1, -0.05) is 27.4 Å². The van der Waals surface area contributed by atoms with Gasteiger partial charge < -0.3 is 33.6 Å². The first-order chi connectivity index (χ1) is 18.4. The van der Waals surface area contributed by atoms with E-state index in [-0.39, 0.29) is 30.3 Å². The summed E-state index contributed by atoms with van der Waals surface area (Å²) in [6, 6.07) is -0.672. The van der Waals surface area contributed by atoms with Gasteiger partial charge in [-0.05, 0) is 44.0 Å². The molecule has 0 bridgehead atoms. The summed E-state index contributed by atoms with van der Waals surface area (Å²) in [5.41, 5.74) is 5.17. The van der Waals surface area contributed by atoms with Gasteiger partial charge >= 0.3 is 13.6 Å². The van der Waals surface area contributed by atoms with E-state index in [0.29, 0.717) is 12.0 Å². The molecule has 13 nitrogen and oxygen atoms in total. The topological polar surface area (TPSA) is 181 Å². The van der Waals surface area contributed by atoms with Crippen molar-refractivity contribution in [2.45, 2.75) is 84.3 Å². The lowest BCUT2D eigenvalue weighted by Gasteiger charge is -2.45. The fourth-order valence-electron chi connectivity index (χ4n) is 5.52. The van der Waals surface area contributed by atoms with Crippen LogP contribution >= 0.6 is 7.60 Å². The van der Waals surface area contributed by atoms with E-state index in [1.807, 2.05) is 33.9 Å². The highest BCUT2D eigenvalue weighted by Crippen LogP contribution is 2.61. The third kappa shape index (κ3) is 6.12. The molecule has 0 radical (unpaired) electrons. The number of hydrogen-bond donors (Lipinski definition) is 3. The average Bonchev–Trinajstić information content (AvgIpc) is 3.28. The molecule has 0 aliphatic heterocycles. The Labute approximate surface area is 235 Å². The predicted molar refractivity (Wildman–Crippen MR) is 153 cm³/mol. The number of ether oxygens (including phenoxy) is 2.